The lowest BCUT2D eigenvalue weighted by Gasteiger charge is -2.28. The van der Waals surface area contributed by atoms with Crippen LogP contribution in [0.1, 0.15) is 32.6 Å². The average Bonchev–Trinajstić information content (AvgIpc) is 2.79. The van der Waals surface area contributed by atoms with Crippen molar-refractivity contribution >= 4 is 7.85 Å². The molecule has 5 N–H and O–H groups in total. The summed E-state index contributed by atoms with van der Waals surface area (Å²) in [5.41, 5.74) is 5.96. The van der Waals surface area contributed by atoms with Crippen LogP contribution in [0.2, 0.25) is 6.32 Å². The van der Waals surface area contributed by atoms with Crippen molar-refractivity contribution in [3.63, 3.8) is 0 Å². The summed E-state index contributed by atoms with van der Waals surface area (Å²) in [4.78, 5) is 1.91. The molecule has 1 rings (SSSR count). The van der Waals surface area contributed by atoms with Gasteiger partial charge in [0, 0.05) is 25.0 Å². The van der Waals surface area contributed by atoms with Gasteiger partial charge in [-0.25, -0.2) is 0 Å². The topological polar surface area (TPSA) is 90.0 Å². The molecule has 5 nitrogen and oxygen atoms in total. The van der Waals surface area contributed by atoms with Gasteiger partial charge in [-0.15, -0.1) is 0 Å². The fourth-order valence-electron chi connectivity index (χ4n) is 3.01. The molecule has 0 aromatic carbocycles. The Balaban J connectivity index is 2.58. The number of nitrogens with zero attached hydrogens (tertiary/aromatic N) is 1. The van der Waals surface area contributed by atoms with Crippen LogP contribution in [-0.2, 0) is 0 Å². The quantitative estimate of drug-likeness (QED) is 0.340. The van der Waals surface area contributed by atoms with E-state index >= 15 is 0 Å². The Labute approximate surface area is 117 Å². The van der Waals surface area contributed by atoms with E-state index in [-0.39, 0.29) is 17.9 Å². The van der Waals surface area contributed by atoms with E-state index in [1.54, 1.807) is 0 Å². The maximum atomic E-state index is 10.2. The summed E-state index contributed by atoms with van der Waals surface area (Å²) in [6.07, 6.45) is 2.90. The van der Waals surface area contributed by atoms with Gasteiger partial charge in [0.15, 0.2) is 6.29 Å². The fourth-order valence-corrected chi connectivity index (χ4v) is 3.01. The molecule has 1 fully saturated rings. The molecule has 1 aliphatic heterocycles. The number of hydrogen-bond acceptors (Lipinski definition) is 5. The van der Waals surface area contributed by atoms with E-state index in [1.165, 1.54) is 0 Å². The largest absolute Gasteiger partial charge is 0.377 e. The first-order valence-electron chi connectivity index (χ1n) is 7.55. The van der Waals surface area contributed by atoms with Gasteiger partial charge in [-0.2, -0.15) is 0 Å². The maximum Gasteiger partial charge on any atom is 0.155 e. The second-order valence-corrected chi connectivity index (χ2v) is 5.80. The van der Waals surface area contributed by atoms with Crippen LogP contribution in [0.3, 0.4) is 0 Å². The maximum absolute atomic E-state index is 10.2. The number of hydrogen-bond donors (Lipinski definition) is 4. The molecule has 1 aliphatic rings. The molecule has 1 unspecified atom stereocenters. The summed E-state index contributed by atoms with van der Waals surface area (Å²) >= 11 is 0. The minimum absolute atomic E-state index is 0.171. The summed E-state index contributed by atoms with van der Waals surface area (Å²) in [5.74, 6) is 0.0680. The number of aliphatic hydroxyl groups excluding tert-OH is 2. The summed E-state index contributed by atoms with van der Waals surface area (Å²) in [7, 11) is 2.13. The lowest BCUT2D eigenvalue weighted by atomic mass is 9.88. The van der Waals surface area contributed by atoms with Gasteiger partial charge < -0.3 is 21.1 Å². The molecule has 1 saturated heterocycles. The summed E-state index contributed by atoms with van der Waals surface area (Å²) in [6.45, 7) is 3.27. The lowest BCUT2D eigenvalue weighted by molar-refractivity contribution is -0.0947. The van der Waals surface area contributed by atoms with Crippen molar-refractivity contribution in [2.45, 2.75) is 57.5 Å². The first-order chi connectivity index (χ1) is 9.01. The van der Waals surface area contributed by atoms with E-state index in [1.807, 2.05) is 11.8 Å². The predicted molar refractivity (Wildman–Crippen MR) is 78.3 cm³/mol. The molecule has 6 heteroatoms. The summed E-state index contributed by atoms with van der Waals surface area (Å²) in [6, 6.07) is -0.258. The van der Waals surface area contributed by atoms with Crippen LogP contribution < -0.4 is 5.73 Å². The zero-order chi connectivity index (χ0) is 14.4. The molecule has 0 bridgehead atoms. The molecule has 0 aromatic rings. The average molecular weight is 272 g/mol. The molecule has 112 valence electrons. The van der Waals surface area contributed by atoms with Gasteiger partial charge >= 0.3 is 0 Å². The minimum Gasteiger partial charge on any atom is -0.377 e. The molecule has 1 heterocycles. The highest BCUT2D eigenvalue weighted by Crippen LogP contribution is 2.31. The van der Waals surface area contributed by atoms with Crippen molar-refractivity contribution in [2.24, 2.45) is 17.6 Å². The van der Waals surface area contributed by atoms with Crippen LogP contribution in [0.25, 0.3) is 0 Å². The van der Waals surface area contributed by atoms with E-state index in [0.29, 0.717) is 13.1 Å². The highest BCUT2D eigenvalue weighted by atomic mass is 16.5. The first-order valence-corrected chi connectivity index (χ1v) is 7.55. The van der Waals surface area contributed by atoms with Crippen LogP contribution in [0.15, 0.2) is 0 Å². The molecule has 0 radical (unpaired) electrons. The number of nitrogens with two attached hydrogens (primary N) is 1. The third-order valence-corrected chi connectivity index (χ3v) is 4.21. The van der Waals surface area contributed by atoms with Crippen molar-refractivity contribution in [1.29, 1.82) is 0 Å². The second-order valence-electron chi connectivity index (χ2n) is 5.80. The van der Waals surface area contributed by atoms with Crippen molar-refractivity contribution in [3.05, 3.63) is 0 Å². The molecule has 19 heavy (non-hydrogen) atoms. The van der Waals surface area contributed by atoms with Crippen molar-refractivity contribution < 1.29 is 15.3 Å². The van der Waals surface area contributed by atoms with E-state index in [9.17, 15) is 15.3 Å². The number of likely N-dealkylation sites (tertiary alicyclic amines) is 1. The van der Waals surface area contributed by atoms with E-state index < -0.39 is 12.5 Å². The smallest absolute Gasteiger partial charge is 0.155 e. The molecule has 0 saturated carbocycles. The van der Waals surface area contributed by atoms with Crippen LogP contribution in [0.4, 0.5) is 0 Å². The first kappa shape index (κ1) is 16.9. The number of rotatable bonds is 8. The Hall–Kier alpha value is -0.135. The fraction of sp³-hybridized carbons (Fsp3) is 1.00. The molecule has 4 atom stereocenters. The Morgan fingerprint density at radius 2 is 2.00 bits per heavy atom. The second kappa shape index (κ2) is 8.22. The van der Waals surface area contributed by atoms with Crippen LogP contribution in [0, 0.1) is 11.8 Å². The van der Waals surface area contributed by atoms with Gasteiger partial charge in [-0.1, -0.05) is 26.1 Å². The van der Waals surface area contributed by atoms with Gasteiger partial charge in [-0.05, 0) is 18.8 Å². The zero-order valence-corrected chi connectivity index (χ0v) is 12.2. The molecule has 0 amide bonds. The van der Waals surface area contributed by atoms with Crippen molar-refractivity contribution in [2.75, 3.05) is 13.1 Å². The Bertz CT molecular complexity index is 256. The third kappa shape index (κ3) is 4.72. The van der Waals surface area contributed by atoms with Crippen LogP contribution in [-0.4, -0.2) is 59.7 Å². The van der Waals surface area contributed by atoms with Crippen LogP contribution >= 0.6 is 0 Å². The molecule has 0 spiro atoms. The monoisotopic (exact) mass is 272 g/mol. The standard InChI is InChI=1S/C13H29BN2O3/c1-2-4-11(15)12(17)16-7-9(5-3-6-14)10(8-16)13(18)19/h9-13,17-19H,2-8,14-15H2,1H3/t9-,10+,11-,12?/m0/s1. The van der Waals surface area contributed by atoms with Crippen LogP contribution in [0.5, 0.6) is 0 Å². The molecular weight excluding hydrogens is 243 g/mol. The highest BCUT2D eigenvalue weighted by molar-refractivity contribution is 6.08. The Kier molecular flexibility index (Phi) is 7.32. The van der Waals surface area contributed by atoms with E-state index in [4.69, 9.17) is 5.73 Å². The third-order valence-electron chi connectivity index (χ3n) is 4.21. The predicted octanol–water partition coefficient (Wildman–Crippen LogP) is -0.877. The minimum atomic E-state index is -1.30. The molecule has 0 aromatic heterocycles. The molecule has 0 aliphatic carbocycles. The number of aliphatic hydroxyl groups is 3. The van der Waals surface area contributed by atoms with Gasteiger partial charge in [0.05, 0.1) is 0 Å². The van der Waals surface area contributed by atoms with Crippen molar-refractivity contribution in [3.8, 4) is 0 Å². The lowest BCUT2D eigenvalue weighted by Crippen LogP contribution is -2.47. The zero-order valence-electron chi connectivity index (χ0n) is 12.2. The normalized spacial score (nSPS) is 27.9. The van der Waals surface area contributed by atoms with Gasteiger partial charge in [0.25, 0.3) is 0 Å². The van der Waals surface area contributed by atoms with Gasteiger partial charge in [0.2, 0.25) is 0 Å². The van der Waals surface area contributed by atoms with Gasteiger partial charge in [0.1, 0.15) is 14.1 Å². The SMILES string of the molecule is BCCC[C@H]1CN(C(O)[C@@H](N)CCC)C[C@H]1C(O)O. The Morgan fingerprint density at radius 3 is 2.53 bits per heavy atom. The Morgan fingerprint density at radius 1 is 1.32 bits per heavy atom. The van der Waals surface area contributed by atoms with Crippen molar-refractivity contribution in [1.82, 2.24) is 4.90 Å². The summed E-state index contributed by atoms with van der Waals surface area (Å²) in [5, 5.41) is 29.2. The van der Waals surface area contributed by atoms with Gasteiger partial charge in [-0.3, -0.25) is 4.90 Å². The van der Waals surface area contributed by atoms with E-state index in [2.05, 4.69) is 7.85 Å². The summed E-state index contributed by atoms with van der Waals surface area (Å²) < 4.78 is 0. The highest BCUT2D eigenvalue weighted by Gasteiger charge is 2.39. The van der Waals surface area contributed by atoms with E-state index in [0.717, 1.165) is 32.0 Å². The molecular formula is C13H29BN2O3.